The molecule has 0 amide bonds. The van der Waals surface area contributed by atoms with E-state index in [1.807, 2.05) is 30.3 Å². The number of oxazole rings is 1. The predicted molar refractivity (Wildman–Crippen MR) is 62.7 cm³/mol. The minimum absolute atomic E-state index is 0.585. The Balaban J connectivity index is 2.19. The number of hydrogen-bond acceptors (Lipinski definition) is 3. The molecular formula is C13H9N2O. The van der Waals surface area contributed by atoms with Gasteiger partial charge in [-0.05, 0) is 36.4 Å². The van der Waals surface area contributed by atoms with Gasteiger partial charge in [0, 0.05) is 11.3 Å². The smallest absolute Gasteiger partial charge is 0.227 e. The van der Waals surface area contributed by atoms with E-state index in [1.165, 1.54) is 0 Å². The number of nitrogen functional groups attached to an aromatic ring is 1. The van der Waals surface area contributed by atoms with Crippen LogP contribution in [-0.4, -0.2) is 4.98 Å². The first-order chi connectivity index (χ1) is 7.83. The summed E-state index contributed by atoms with van der Waals surface area (Å²) in [6.45, 7) is 0. The van der Waals surface area contributed by atoms with Crippen LogP contribution in [0.4, 0.5) is 5.69 Å². The molecule has 3 heteroatoms. The predicted octanol–water partition coefficient (Wildman–Crippen LogP) is 2.88. The number of anilines is 1. The third-order valence-electron chi connectivity index (χ3n) is 2.37. The molecule has 1 heterocycles. The summed E-state index contributed by atoms with van der Waals surface area (Å²) in [5.74, 6) is 0.585. The minimum Gasteiger partial charge on any atom is -0.436 e. The Morgan fingerprint density at radius 1 is 1.25 bits per heavy atom. The van der Waals surface area contributed by atoms with Gasteiger partial charge in [-0.2, -0.15) is 0 Å². The number of benzene rings is 2. The topological polar surface area (TPSA) is 52.0 Å². The molecule has 16 heavy (non-hydrogen) atoms. The van der Waals surface area contributed by atoms with Gasteiger partial charge in [0.2, 0.25) is 5.89 Å². The molecule has 0 fully saturated rings. The van der Waals surface area contributed by atoms with Crippen molar-refractivity contribution >= 4 is 16.8 Å². The van der Waals surface area contributed by atoms with Crippen LogP contribution in [0.15, 0.2) is 46.9 Å². The van der Waals surface area contributed by atoms with Crippen molar-refractivity contribution in [2.45, 2.75) is 0 Å². The van der Waals surface area contributed by atoms with E-state index in [4.69, 9.17) is 10.2 Å². The highest BCUT2D eigenvalue weighted by Crippen LogP contribution is 2.24. The summed E-state index contributed by atoms with van der Waals surface area (Å²) in [5, 5.41) is 0. The van der Waals surface area contributed by atoms with Gasteiger partial charge in [0.15, 0.2) is 5.58 Å². The molecule has 2 N–H and O–H groups in total. The lowest BCUT2D eigenvalue weighted by Gasteiger charge is -1.95. The summed E-state index contributed by atoms with van der Waals surface area (Å²) in [4.78, 5) is 4.37. The molecule has 1 aromatic heterocycles. The number of fused-ring (bicyclic) bond motifs is 1. The van der Waals surface area contributed by atoms with Gasteiger partial charge < -0.3 is 10.2 Å². The quantitative estimate of drug-likeness (QED) is 0.627. The van der Waals surface area contributed by atoms with Crippen molar-refractivity contribution in [1.82, 2.24) is 4.98 Å². The summed E-state index contributed by atoms with van der Waals surface area (Å²) in [5.41, 5.74) is 8.87. The second-order valence-corrected chi connectivity index (χ2v) is 3.54. The van der Waals surface area contributed by atoms with Crippen LogP contribution in [0.1, 0.15) is 0 Å². The fourth-order valence-corrected chi connectivity index (χ4v) is 1.61. The molecule has 2 aromatic carbocycles. The van der Waals surface area contributed by atoms with E-state index in [-0.39, 0.29) is 0 Å². The van der Waals surface area contributed by atoms with Crippen molar-refractivity contribution in [3.63, 3.8) is 0 Å². The molecule has 3 nitrogen and oxygen atoms in total. The second kappa shape index (κ2) is 3.38. The monoisotopic (exact) mass is 209 g/mol. The zero-order valence-electron chi connectivity index (χ0n) is 8.47. The van der Waals surface area contributed by atoms with Gasteiger partial charge in [0.1, 0.15) is 5.52 Å². The molecule has 1 radical (unpaired) electrons. The molecule has 0 saturated carbocycles. The molecule has 0 unspecified atom stereocenters. The molecule has 77 valence electrons. The Bertz CT molecular complexity index is 610. The maximum Gasteiger partial charge on any atom is 0.227 e. The van der Waals surface area contributed by atoms with E-state index >= 15 is 0 Å². The van der Waals surface area contributed by atoms with Crippen molar-refractivity contribution in [2.75, 3.05) is 5.73 Å². The van der Waals surface area contributed by atoms with E-state index in [1.54, 1.807) is 12.1 Å². The van der Waals surface area contributed by atoms with Crippen LogP contribution < -0.4 is 5.73 Å². The van der Waals surface area contributed by atoms with Crippen LogP contribution >= 0.6 is 0 Å². The van der Waals surface area contributed by atoms with Gasteiger partial charge in [0.25, 0.3) is 0 Å². The number of rotatable bonds is 1. The molecule has 3 aromatic rings. The van der Waals surface area contributed by atoms with Crippen LogP contribution in [0, 0.1) is 6.07 Å². The minimum atomic E-state index is 0.585. The normalized spacial score (nSPS) is 10.8. The lowest BCUT2D eigenvalue weighted by Crippen LogP contribution is -1.84. The molecule has 3 rings (SSSR count). The largest absolute Gasteiger partial charge is 0.436 e. The highest BCUT2D eigenvalue weighted by molar-refractivity contribution is 5.76. The fraction of sp³-hybridized carbons (Fsp3) is 0. The van der Waals surface area contributed by atoms with Gasteiger partial charge >= 0.3 is 0 Å². The third-order valence-corrected chi connectivity index (χ3v) is 2.37. The maximum atomic E-state index is 5.71. The first-order valence-electron chi connectivity index (χ1n) is 4.95. The lowest BCUT2D eigenvalue weighted by molar-refractivity contribution is 0.620. The summed E-state index contributed by atoms with van der Waals surface area (Å²) in [7, 11) is 0. The number of nitrogens with two attached hydrogens (primary N) is 1. The number of nitrogens with zero attached hydrogens (tertiary/aromatic N) is 1. The van der Waals surface area contributed by atoms with E-state index in [9.17, 15) is 0 Å². The molecule has 0 atom stereocenters. The van der Waals surface area contributed by atoms with Crippen molar-refractivity contribution < 1.29 is 4.42 Å². The molecule has 0 spiro atoms. The summed E-state index contributed by atoms with van der Waals surface area (Å²) in [6.07, 6.45) is 0. The Kier molecular flexibility index (Phi) is 1.90. The van der Waals surface area contributed by atoms with Crippen molar-refractivity contribution in [2.24, 2.45) is 0 Å². The Hall–Kier alpha value is -2.29. The van der Waals surface area contributed by atoms with Crippen molar-refractivity contribution in [1.29, 1.82) is 0 Å². The Morgan fingerprint density at radius 2 is 2.19 bits per heavy atom. The van der Waals surface area contributed by atoms with E-state index in [2.05, 4.69) is 11.1 Å². The van der Waals surface area contributed by atoms with Crippen molar-refractivity contribution in [3.05, 3.63) is 48.5 Å². The SMILES string of the molecule is Nc1cccc(-c2nc3c[c]ccc3o2)c1. The first-order valence-corrected chi connectivity index (χ1v) is 4.95. The van der Waals surface area contributed by atoms with E-state index in [0.717, 1.165) is 16.7 Å². The second-order valence-electron chi connectivity index (χ2n) is 3.54. The Labute approximate surface area is 92.5 Å². The van der Waals surface area contributed by atoms with Crippen LogP contribution in [0.2, 0.25) is 0 Å². The highest BCUT2D eigenvalue weighted by Gasteiger charge is 2.07. The standard InChI is InChI=1S/C13H9N2O/c14-10-5-3-4-9(8-10)13-15-11-6-1-2-7-12(11)16-13/h2-8H,14H2. The van der Waals surface area contributed by atoms with Crippen LogP contribution in [0.3, 0.4) is 0 Å². The highest BCUT2D eigenvalue weighted by atomic mass is 16.3. The van der Waals surface area contributed by atoms with Gasteiger partial charge in [-0.3, -0.25) is 0 Å². The molecule has 0 aliphatic heterocycles. The third kappa shape index (κ3) is 1.42. The van der Waals surface area contributed by atoms with Gasteiger partial charge in [-0.25, -0.2) is 4.98 Å². The summed E-state index contributed by atoms with van der Waals surface area (Å²) < 4.78 is 5.62. The van der Waals surface area contributed by atoms with E-state index < -0.39 is 0 Å². The molecule has 0 aliphatic carbocycles. The lowest BCUT2D eigenvalue weighted by atomic mass is 10.2. The van der Waals surface area contributed by atoms with Gasteiger partial charge in [0.05, 0.1) is 0 Å². The van der Waals surface area contributed by atoms with Gasteiger partial charge in [-0.15, -0.1) is 0 Å². The summed E-state index contributed by atoms with van der Waals surface area (Å²) in [6, 6.07) is 15.9. The molecule has 0 bridgehead atoms. The van der Waals surface area contributed by atoms with Crippen LogP contribution in [0.25, 0.3) is 22.6 Å². The zero-order chi connectivity index (χ0) is 11.0. The van der Waals surface area contributed by atoms with Crippen LogP contribution in [-0.2, 0) is 0 Å². The van der Waals surface area contributed by atoms with Crippen molar-refractivity contribution in [3.8, 4) is 11.5 Å². The van der Waals surface area contributed by atoms with Crippen LogP contribution in [0.5, 0.6) is 0 Å². The summed E-state index contributed by atoms with van der Waals surface area (Å²) >= 11 is 0. The molecular weight excluding hydrogens is 200 g/mol. The average molecular weight is 209 g/mol. The maximum absolute atomic E-state index is 5.71. The average Bonchev–Trinajstić information content (AvgIpc) is 2.72. The molecule has 0 saturated heterocycles. The first kappa shape index (κ1) is 8.97. The number of aromatic nitrogens is 1. The number of hydrogen-bond donors (Lipinski definition) is 1. The van der Waals surface area contributed by atoms with E-state index in [0.29, 0.717) is 11.6 Å². The molecule has 0 aliphatic rings. The zero-order valence-corrected chi connectivity index (χ0v) is 8.47. The fourth-order valence-electron chi connectivity index (χ4n) is 1.61. The Morgan fingerprint density at radius 3 is 3.00 bits per heavy atom. The van der Waals surface area contributed by atoms with Gasteiger partial charge in [-0.1, -0.05) is 12.1 Å².